The van der Waals surface area contributed by atoms with Crippen molar-refractivity contribution in [2.24, 2.45) is 0 Å². The molecular weight excluding hydrogens is 378 g/mol. The molecule has 5 heteroatoms. The summed E-state index contributed by atoms with van der Waals surface area (Å²) in [5.41, 5.74) is 2.12. The molecule has 0 aliphatic carbocycles. The Hall–Kier alpha value is -0.801. The van der Waals surface area contributed by atoms with Gasteiger partial charge in [0.25, 0.3) is 0 Å². The Morgan fingerprint density at radius 2 is 2.11 bits per heavy atom. The van der Waals surface area contributed by atoms with Crippen molar-refractivity contribution < 1.29 is 0 Å². The zero-order chi connectivity index (χ0) is 12.3. The average Bonchev–Trinajstić information content (AvgIpc) is 2.84. The number of benzene rings is 1. The fourth-order valence-corrected chi connectivity index (χ4v) is 5.25. The number of nitrogens with zero attached hydrogens (tertiary/aromatic N) is 2. The van der Waals surface area contributed by atoms with Crippen molar-refractivity contribution in [3.05, 3.63) is 46.0 Å². The van der Waals surface area contributed by atoms with Crippen molar-refractivity contribution in [1.82, 2.24) is 9.38 Å². The van der Waals surface area contributed by atoms with Crippen molar-refractivity contribution in [3.63, 3.8) is 0 Å². The predicted molar refractivity (Wildman–Crippen MR) is 79.9 cm³/mol. The molecule has 3 heterocycles. The number of hydrogen-bond acceptors (Lipinski definition) is 1. The molecule has 0 aliphatic heterocycles. The molecule has 0 saturated carbocycles. The summed E-state index contributed by atoms with van der Waals surface area (Å²) < 4.78 is 5.87. The van der Waals surface area contributed by atoms with Crippen LogP contribution in [0.2, 0.25) is 5.02 Å². The molecule has 0 atom stereocenters. The second kappa shape index (κ2) is 3.84. The molecule has 88 valence electrons. The van der Waals surface area contributed by atoms with Crippen LogP contribution in [0.15, 0.2) is 41.0 Å². The number of pyridine rings is 1. The Balaban J connectivity index is 2.25. The summed E-state index contributed by atoms with van der Waals surface area (Å²) in [6.45, 7) is 0. The van der Waals surface area contributed by atoms with Gasteiger partial charge in [-0.3, -0.25) is 0 Å². The molecule has 0 unspecified atom stereocenters. The summed E-state index contributed by atoms with van der Waals surface area (Å²) >= 11 is 9.84. The predicted octanol–water partition coefficient (Wildman–Crippen LogP) is 4.11. The molecule has 3 aromatic heterocycles. The minimum absolute atomic E-state index is 0.274. The summed E-state index contributed by atoms with van der Waals surface area (Å²) in [5.74, 6) is 0. The van der Waals surface area contributed by atoms with Gasteiger partial charge in [-0.25, -0.2) is 0 Å². The average molecular weight is 385 g/mol. The third-order valence-electron chi connectivity index (χ3n) is 2.94. The summed E-state index contributed by atoms with van der Waals surface area (Å²) in [7, 11) is 0. The van der Waals surface area contributed by atoms with E-state index in [1.165, 1.54) is 14.0 Å². The van der Waals surface area contributed by atoms with Crippen LogP contribution in [-0.2, 0) is 0 Å². The summed E-state index contributed by atoms with van der Waals surface area (Å²) in [4.78, 5) is 4.72. The van der Waals surface area contributed by atoms with Crippen molar-refractivity contribution in [1.29, 1.82) is 0 Å². The Morgan fingerprint density at radius 1 is 1.22 bits per heavy atom. The fourth-order valence-electron chi connectivity index (χ4n) is 2.15. The molecule has 4 aromatic rings. The van der Waals surface area contributed by atoms with Gasteiger partial charge in [-0.05, 0) is 0 Å². The zero-order valence-corrected chi connectivity index (χ0v) is 13.1. The van der Waals surface area contributed by atoms with E-state index in [1.54, 1.807) is 0 Å². The topological polar surface area (TPSA) is 17.3 Å². The molecule has 0 saturated heterocycles. The molecular formula is C13H6BrClN2Se. The van der Waals surface area contributed by atoms with Crippen LogP contribution in [-0.4, -0.2) is 23.9 Å². The van der Waals surface area contributed by atoms with Crippen molar-refractivity contribution in [3.8, 4) is 0 Å². The molecule has 0 bridgehead atoms. The van der Waals surface area contributed by atoms with Gasteiger partial charge in [0.15, 0.2) is 0 Å². The first-order valence-corrected chi connectivity index (χ1v) is 8.26. The van der Waals surface area contributed by atoms with Crippen molar-refractivity contribution in [2.45, 2.75) is 0 Å². The van der Waals surface area contributed by atoms with E-state index in [1.807, 2.05) is 18.2 Å². The SMILES string of the molecule is Clc1ccc2c(c1)[se]c1c2nc2ccc(Br)cn21. The summed E-state index contributed by atoms with van der Waals surface area (Å²) in [6, 6.07) is 10.1. The third-order valence-corrected chi connectivity index (χ3v) is 6.04. The van der Waals surface area contributed by atoms with Gasteiger partial charge in [0.2, 0.25) is 0 Å². The van der Waals surface area contributed by atoms with E-state index in [0.29, 0.717) is 0 Å². The van der Waals surface area contributed by atoms with Crippen LogP contribution in [0.25, 0.3) is 25.2 Å². The van der Waals surface area contributed by atoms with Crippen LogP contribution in [0.3, 0.4) is 0 Å². The minimum atomic E-state index is 0.274. The molecule has 1 aromatic carbocycles. The van der Waals surface area contributed by atoms with Gasteiger partial charge in [-0.2, -0.15) is 0 Å². The molecule has 0 spiro atoms. The number of rotatable bonds is 0. The van der Waals surface area contributed by atoms with Gasteiger partial charge in [0, 0.05) is 0 Å². The summed E-state index contributed by atoms with van der Waals surface area (Å²) in [6.07, 6.45) is 2.08. The van der Waals surface area contributed by atoms with Crippen LogP contribution in [0.1, 0.15) is 0 Å². The maximum absolute atomic E-state index is 6.05. The van der Waals surface area contributed by atoms with Crippen LogP contribution in [0.4, 0.5) is 0 Å². The van der Waals surface area contributed by atoms with E-state index in [0.717, 1.165) is 20.7 Å². The molecule has 0 radical (unpaired) electrons. The van der Waals surface area contributed by atoms with E-state index < -0.39 is 0 Å². The second-order valence-electron chi connectivity index (χ2n) is 4.08. The number of hydrogen-bond donors (Lipinski definition) is 0. The Kier molecular flexibility index (Phi) is 2.36. The van der Waals surface area contributed by atoms with Crippen molar-refractivity contribution in [2.75, 3.05) is 0 Å². The molecule has 4 rings (SSSR count). The molecule has 18 heavy (non-hydrogen) atoms. The van der Waals surface area contributed by atoms with Crippen LogP contribution < -0.4 is 0 Å². The van der Waals surface area contributed by atoms with E-state index in [2.05, 4.69) is 38.7 Å². The fraction of sp³-hybridized carbons (Fsp3) is 0. The molecule has 0 N–H and O–H groups in total. The second-order valence-corrected chi connectivity index (χ2v) is 7.60. The number of aromatic nitrogens is 2. The van der Waals surface area contributed by atoms with Crippen LogP contribution >= 0.6 is 27.5 Å². The first-order valence-electron chi connectivity index (χ1n) is 5.38. The van der Waals surface area contributed by atoms with Gasteiger partial charge >= 0.3 is 123 Å². The first-order chi connectivity index (χ1) is 8.72. The van der Waals surface area contributed by atoms with Gasteiger partial charge in [-0.1, -0.05) is 0 Å². The van der Waals surface area contributed by atoms with Gasteiger partial charge in [0.1, 0.15) is 0 Å². The Morgan fingerprint density at radius 3 is 3.00 bits per heavy atom. The first kappa shape index (κ1) is 11.1. The van der Waals surface area contributed by atoms with E-state index in [4.69, 9.17) is 16.6 Å². The quantitative estimate of drug-likeness (QED) is 0.417. The standard InChI is InChI=1S/C13H6BrClN2Se/c14-7-1-4-11-16-12-9-3-2-8(15)5-10(9)18-13(12)17(11)6-7/h1-6H. The molecule has 0 amide bonds. The monoisotopic (exact) mass is 384 g/mol. The van der Waals surface area contributed by atoms with Gasteiger partial charge in [0.05, 0.1) is 0 Å². The molecule has 0 fully saturated rings. The summed E-state index contributed by atoms with van der Waals surface area (Å²) in [5, 5.41) is 2.03. The maximum atomic E-state index is 6.05. The van der Waals surface area contributed by atoms with E-state index in [-0.39, 0.29) is 14.5 Å². The van der Waals surface area contributed by atoms with Crippen molar-refractivity contribution >= 4 is 67.2 Å². The normalized spacial score (nSPS) is 11.9. The number of halogens is 2. The van der Waals surface area contributed by atoms with E-state index in [9.17, 15) is 0 Å². The number of fused-ring (bicyclic) bond motifs is 5. The molecule has 2 nitrogen and oxygen atoms in total. The van der Waals surface area contributed by atoms with Gasteiger partial charge < -0.3 is 0 Å². The van der Waals surface area contributed by atoms with Gasteiger partial charge in [-0.15, -0.1) is 0 Å². The zero-order valence-electron chi connectivity index (χ0n) is 9.02. The third kappa shape index (κ3) is 1.50. The van der Waals surface area contributed by atoms with Crippen LogP contribution in [0.5, 0.6) is 0 Å². The van der Waals surface area contributed by atoms with Crippen LogP contribution in [0, 0.1) is 0 Å². The number of imidazole rings is 1. The van der Waals surface area contributed by atoms with E-state index >= 15 is 0 Å². The Bertz CT molecular complexity index is 909. The Labute approximate surface area is 122 Å². The molecule has 0 aliphatic rings.